The number of nitrogens with zero attached hydrogens (tertiary/aromatic N) is 3. The summed E-state index contributed by atoms with van der Waals surface area (Å²) in [6.07, 6.45) is 9.45. The number of amides is 1. The SMILES string of the molecule is CC.O=C(NC1COC2C1OCC2n1cc(CC2CCCCC2)nn1)c1ccccc1. The van der Waals surface area contributed by atoms with E-state index in [0.717, 1.165) is 18.0 Å². The van der Waals surface area contributed by atoms with Crippen LogP contribution in [-0.4, -0.2) is 52.4 Å². The quantitative estimate of drug-likeness (QED) is 0.791. The van der Waals surface area contributed by atoms with Gasteiger partial charge in [0.25, 0.3) is 5.91 Å². The molecule has 7 nitrogen and oxygen atoms in total. The number of carbonyl (C=O) groups is 1. The molecule has 31 heavy (non-hydrogen) atoms. The smallest absolute Gasteiger partial charge is 0.251 e. The zero-order valence-corrected chi connectivity index (χ0v) is 18.6. The fraction of sp³-hybridized carbons (Fsp3) is 0.625. The van der Waals surface area contributed by atoms with Gasteiger partial charge in [0, 0.05) is 11.8 Å². The van der Waals surface area contributed by atoms with Crippen LogP contribution in [0.4, 0.5) is 0 Å². The minimum absolute atomic E-state index is 0.00577. The normalized spacial score (nSPS) is 27.9. The molecule has 0 spiro atoms. The maximum Gasteiger partial charge on any atom is 0.251 e. The first-order valence-corrected chi connectivity index (χ1v) is 11.8. The summed E-state index contributed by atoms with van der Waals surface area (Å²) in [7, 11) is 0. The summed E-state index contributed by atoms with van der Waals surface area (Å²) in [5.41, 5.74) is 1.71. The maximum absolute atomic E-state index is 12.5. The van der Waals surface area contributed by atoms with Crippen molar-refractivity contribution in [1.29, 1.82) is 0 Å². The molecule has 0 bridgehead atoms. The van der Waals surface area contributed by atoms with E-state index in [2.05, 4.69) is 21.8 Å². The molecule has 1 N–H and O–H groups in total. The van der Waals surface area contributed by atoms with Crippen molar-refractivity contribution in [1.82, 2.24) is 20.3 Å². The van der Waals surface area contributed by atoms with Gasteiger partial charge in [0.1, 0.15) is 18.2 Å². The Morgan fingerprint density at radius 1 is 1.06 bits per heavy atom. The molecule has 1 amide bonds. The highest BCUT2D eigenvalue weighted by Crippen LogP contribution is 2.34. The van der Waals surface area contributed by atoms with Crippen LogP contribution in [0.25, 0.3) is 0 Å². The first kappa shape index (κ1) is 22.0. The Labute approximate surface area is 184 Å². The molecule has 7 heteroatoms. The lowest BCUT2D eigenvalue weighted by molar-refractivity contribution is 0.0613. The fourth-order valence-corrected chi connectivity index (χ4v) is 4.93. The van der Waals surface area contributed by atoms with Crippen molar-refractivity contribution in [2.45, 2.75) is 76.7 Å². The Hall–Kier alpha value is -2.25. The van der Waals surface area contributed by atoms with Gasteiger partial charge in [-0.05, 0) is 24.5 Å². The van der Waals surface area contributed by atoms with Gasteiger partial charge in [-0.1, -0.05) is 69.4 Å². The molecule has 3 fully saturated rings. The average Bonchev–Trinajstić information content (AvgIpc) is 3.54. The first-order chi connectivity index (χ1) is 15.3. The summed E-state index contributed by atoms with van der Waals surface area (Å²) in [5.74, 6) is 0.643. The van der Waals surface area contributed by atoms with Crippen molar-refractivity contribution in [3.05, 3.63) is 47.8 Å². The minimum Gasteiger partial charge on any atom is -0.371 e. The number of fused-ring (bicyclic) bond motifs is 1. The van der Waals surface area contributed by atoms with Gasteiger partial charge >= 0.3 is 0 Å². The summed E-state index contributed by atoms with van der Waals surface area (Å²) >= 11 is 0. The van der Waals surface area contributed by atoms with Crippen LogP contribution in [0.3, 0.4) is 0 Å². The summed E-state index contributed by atoms with van der Waals surface area (Å²) in [4.78, 5) is 12.5. The van der Waals surface area contributed by atoms with Crippen molar-refractivity contribution in [3.63, 3.8) is 0 Å². The number of hydrogen-bond acceptors (Lipinski definition) is 5. The number of nitrogens with one attached hydrogen (secondary N) is 1. The van der Waals surface area contributed by atoms with Gasteiger partial charge in [0.2, 0.25) is 0 Å². The van der Waals surface area contributed by atoms with Crippen molar-refractivity contribution in [2.75, 3.05) is 13.2 Å². The number of hydrogen-bond donors (Lipinski definition) is 1. The molecule has 1 aromatic heterocycles. The molecule has 5 rings (SSSR count). The second-order valence-electron chi connectivity index (χ2n) is 8.51. The lowest BCUT2D eigenvalue weighted by Crippen LogP contribution is -2.44. The topological polar surface area (TPSA) is 78.3 Å². The third-order valence-corrected chi connectivity index (χ3v) is 6.50. The van der Waals surface area contributed by atoms with Crippen molar-refractivity contribution in [2.24, 2.45) is 5.92 Å². The lowest BCUT2D eigenvalue weighted by Gasteiger charge is -2.20. The van der Waals surface area contributed by atoms with Crippen LogP contribution < -0.4 is 5.32 Å². The summed E-state index contributed by atoms with van der Waals surface area (Å²) in [5, 5.41) is 11.8. The van der Waals surface area contributed by atoms with Crippen LogP contribution in [0, 0.1) is 5.92 Å². The van der Waals surface area contributed by atoms with E-state index in [1.807, 2.05) is 48.9 Å². The van der Waals surface area contributed by atoms with Gasteiger partial charge in [0.15, 0.2) is 0 Å². The predicted molar refractivity (Wildman–Crippen MR) is 118 cm³/mol. The molecule has 0 radical (unpaired) electrons. The number of ether oxygens (including phenoxy) is 2. The highest BCUT2D eigenvalue weighted by Gasteiger charge is 2.49. The van der Waals surface area contributed by atoms with Crippen LogP contribution in [0.15, 0.2) is 36.5 Å². The number of carbonyl (C=O) groups excluding carboxylic acids is 1. The number of benzene rings is 1. The predicted octanol–water partition coefficient (Wildman–Crippen LogP) is 3.56. The molecule has 2 saturated heterocycles. The van der Waals surface area contributed by atoms with Gasteiger partial charge in [-0.25, -0.2) is 4.68 Å². The Morgan fingerprint density at radius 3 is 2.58 bits per heavy atom. The molecule has 3 heterocycles. The molecule has 1 aromatic carbocycles. The van der Waals surface area contributed by atoms with E-state index in [1.165, 1.54) is 32.1 Å². The summed E-state index contributed by atoms with van der Waals surface area (Å²) < 4.78 is 14.0. The average molecular weight is 427 g/mol. The Bertz CT molecular complexity index is 834. The van der Waals surface area contributed by atoms with E-state index >= 15 is 0 Å². The van der Waals surface area contributed by atoms with Crippen molar-refractivity contribution in [3.8, 4) is 0 Å². The maximum atomic E-state index is 12.5. The van der Waals surface area contributed by atoms with E-state index in [4.69, 9.17) is 9.47 Å². The summed E-state index contributed by atoms with van der Waals surface area (Å²) in [6.45, 7) is 4.98. The lowest BCUT2D eigenvalue weighted by atomic mass is 9.86. The first-order valence-electron chi connectivity index (χ1n) is 11.8. The van der Waals surface area contributed by atoms with Crippen LogP contribution in [0.2, 0.25) is 0 Å². The molecular formula is C24H34N4O3. The van der Waals surface area contributed by atoms with E-state index in [1.54, 1.807) is 0 Å². The Morgan fingerprint density at radius 2 is 1.81 bits per heavy atom. The second kappa shape index (κ2) is 10.4. The van der Waals surface area contributed by atoms with E-state index < -0.39 is 0 Å². The fourth-order valence-electron chi connectivity index (χ4n) is 4.93. The van der Waals surface area contributed by atoms with E-state index in [0.29, 0.717) is 18.8 Å². The number of rotatable bonds is 5. The van der Waals surface area contributed by atoms with Crippen LogP contribution in [-0.2, 0) is 15.9 Å². The van der Waals surface area contributed by atoms with E-state index in [9.17, 15) is 4.79 Å². The molecule has 2 aromatic rings. The minimum atomic E-state index is -0.154. The standard InChI is InChI=1S/C22H28N4O3.C2H6/c27-22(16-9-5-2-6-10-16)23-18-13-28-21-19(14-29-20(18)21)26-12-17(24-25-26)11-15-7-3-1-4-8-15;1-2/h2,5-6,9-10,12,15,18-21H,1,3-4,7-8,11,13-14H2,(H,23,27);1-2H3. The van der Waals surface area contributed by atoms with Crippen molar-refractivity contribution >= 4 is 5.91 Å². The van der Waals surface area contributed by atoms with Crippen molar-refractivity contribution < 1.29 is 14.3 Å². The second-order valence-corrected chi connectivity index (χ2v) is 8.51. The molecule has 2 aliphatic heterocycles. The third-order valence-electron chi connectivity index (χ3n) is 6.50. The molecule has 1 aliphatic carbocycles. The zero-order valence-electron chi connectivity index (χ0n) is 18.6. The monoisotopic (exact) mass is 426 g/mol. The highest BCUT2D eigenvalue weighted by molar-refractivity contribution is 5.94. The number of aromatic nitrogens is 3. The molecule has 3 aliphatic rings. The Balaban J connectivity index is 0.00000112. The molecule has 4 unspecified atom stereocenters. The summed E-state index contributed by atoms with van der Waals surface area (Å²) in [6, 6.07) is 9.10. The van der Waals surface area contributed by atoms with Gasteiger partial charge in [-0.15, -0.1) is 5.10 Å². The van der Waals surface area contributed by atoms with Gasteiger partial charge < -0.3 is 14.8 Å². The zero-order chi connectivity index (χ0) is 21.6. The third kappa shape index (κ3) is 4.99. The van der Waals surface area contributed by atoms with Crippen LogP contribution >= 0.6 is 0 Å². The van der Waals surface area contributed by atoms with E-state index in [-0.39, 0.29) is 30.2 Å². The van der Waals surface area contributed by atoms with Gasteiger partial charge in [-0.2, -0.15) is 0 Å². The molecular weight excluding hydrogens is 392 g/mol. The van der Waals surface area contributed by atoms with Crippen LogP contribution in [0.1, 0.15) is 68.0 Å². The highest BCUT2D eigenvalue weighted by atomic mass is 16.6. The molecule has 168 valence electrons. The van der Waals surface area contributed by atoms with Crippen LogP contribution in [0.5, 0.6) is 0 Å². The molecule has 4 atom stereocenters. The Kier molecular flexibility index (Phi) is 7.35. The van der Waals surface area contributed by atoms with Gasteiger partial charge in [0.05, 0.1) is 24.9 Å². The molecule has 1 saturated carbocycles. The largest absolute Gasteiger partial charge is 0.371 e. The van der Waals surface area contributed by atoms with Gasteiger partial charge in [-0.3, -0.25) is 4.79 Å².